The number of ether oxygens (including phenoxy) is 3. The summed E-state index contributed by atoms with van der Waals surface area (Å²) in [5.41, 5.74) is 6.88. The molecule has 0 saturated heterocycles. The van der Waals surface area contributed by atoms with Crippen LogP contribution >= 0.6 is 0 Å². The van der Waals surface area contributed by atoms with Crippen molar-refractivity contribution >= 4 is 11.9 Å². The SMILES string of the molecule is CC(C)(c1ccc(Oc2ccc(OOCc3cc(-c4ccccc4)ccc3COO)cc2)cc1)c1ccc(Oc2ccc(OC(=O)c3cc(-c4ccccc4)ccc3C(=O)O)cc2)cc1. The van der Waals surface area contributed by atoms with E-state index in [-0.39, 0.29) is 35.5 Å². The zero-order valence-corrected chi connectivity index (χ0v) is 35.5. The summed E-state index contributed by atoms with van der Waals surface area (Å²) in [5, 5.41) is 18.8. The third kappa shape index (κ3) is 10.8. The first kappa shape index (κ1) is 43.6. The lowest BCUT2D eigenvalue weighted by atomic mass is 9.78. The van der Waals surface area contributed by atoms with E-state index in [1.165, 1.54) is 12.1 Å². The van der Waals surface area contributed by atoms with Crippen LogP contribution in [0.2, 0.25) is 0 Å². The molecule has 0 atom stereocenters. The van der Waals surface area contributed by atoms with Gasteiger partial charge in [-0.25, -0.2) is 14.5 Å². The van der Waals surface area contributed by atoms with Gasteiger partial charge in [0, 0.05) is 5.41 Å². The molecular weight excluding hydrogens is 821 g/mol. The maximum atomic E-state index is 13.2. The van der Waals surface area contributed by atoms with E-state index < -0.39 is 11.9 Å². The van der Waals surface area contributed by atoms with Crippen molar-refractivity contribution < 1.29 is 48.8 Å². The molecule has 0 bridgehead atoms. The number of hydrogen-bond donors (Lipinski definition) is 2. The number of hydrogen-bond acceptors (Lipinski definition) is 9. The lowest BCUT2D eigenvalue weighted by Crippen LogP contribution is -2.18. The van der Waals surface area contributed by atoms with Crippen molar-refractivity contribution in [2.24, 2.45) is 0 Å². The number of carboxylic acids is 1. The number of esters is 1. The summed E-state index contributed by atoms with van der Waals surface area (Å²) in [6.07, 6.45) is 0. The molecule has 8 aromatic carbocycles. The van der Waals surface area contributed by atoms with E-state index in [0.717, 1.165) is 38.9 Å². The predicted octanol–water partition coefficient (Wildman–Crippen LogP) is 13.3. The van der Waals surface area contributed by atoms with E-state index >= 15 is 0 Å². The number of rotatable bonds is 17. The van der Waals surface area contributed by atoms with Gasteiger partial charge in [-0.05, 0) is 136 Å². The molecule has 0 heterocycles. The van der Waals surface area contributed by atoms with Gasteiger partial charge in [0.1, 0.15) is 42.0 Å². The number of carboxylic acid groups (broad SMARTS) is 1. The Hall–Kier alpha value is -8.02. The van der Waals surface area contributed by atoms with Crippen LogP contribution in [0.4, 0.5) is 0 Å². The smallest absolute Gasteiger partial charge is 0.344 e. The van der Waals surface area contributed by atoms with Crippen LogP contribution in [0.25, 0.3) is 22.3 Å². The van der Waals surface area contributed by atoms with Crippen molar-refractivity contribution in [3.8, 4) is 56.8 Å². The van der Waals surface area contributed by atoms with Gasteiger partial charge in [0.2, 0.25) is 0 Å². The highest BCUT2D eigenvalue weighted by molar-refractivity contribution is 6.04. The average Bonchev–Trinajstić information content (AvgIpc) is 3.34. The Morgan fingerprint density at radius 2 is 0.923 bits per heavy atom. The fourth-order valence-corrected chi connectivity index (χ4v) is 7.27. The summed E-state index contributed by atoms with van der Waals surface area (Å²) in [6, 6.07) is 59.4. The molecule has 324 valence electrons. The summed E-state index contributed by atoms with van der Waals surface area (Å²) >= 11 is 0. The van der Waals surface area contributed by atoms with E-state index in [9.17, 15) is 14.7 Å². The maximum Gasteiger partial charge on any atom is 0.344 e. The summed E-state index contributed by atoms with van der Waals surface area (Å²) in [6.45, 7) is 4.47. The van der Waals surface area contributed by atoms with E-state index in [2.05, 4.69) is 18.7 Å². The lowest BCUT2D eigenvalue weighted by Gasteiger charge is -2.26. The minimum atomic E-state index is -1.22. The zero-order chi connectivity index (χ0) is 45.2. The number of benzene rings is 8. The molecule has 65 heavy (non-hydrogen) atoms. The van der Waals surface area contributed by atoms with Crippen molar-refractivity contribution in [3.05, 3.63) is 228 Å². The molecule has 0 aliphatic carbocycles. The lowest BCUT2D eigenvalue weighted by molar-refractivity contribution is -0.253. The number of carbonyl (C=O) groups excluding carboxylic acids is 1. The van der Waals surface area contributed by atoms with Crippen LogP contribution in [-0.2, 0) is 28.4 Å². The fraction of sp³-hybridized carbons (Fsp3) is 0.0909. The molecule has 0 amide bonds. The molecule has 0 aliphatic rings. The van der Waals surface area contributed by atoms with Crippen LogP contribution in [0.3, 0.4) is 0 Å². The van der Waals surface area contributed by atoms with Crippen LogP contribution in [0, 0.1) is 0 Å². The van der Waals surface area contributed by atoms with Gasteiger partial charge in [-0.15, -0.1) is 0 Å². The number of aromatic carboxylic acids is 1. The summed E-state index contributed by atoms with van der Waals surface area (Å²) in [4.78, 5) is 40.7. The van der Waals surface area contributed by atoms with Crippen LogP contribution in [0.15, 0.2) is 194 Å². The molecule has 0 aromatic heterocycles. The summed E-state index contributed by atoms with van der Waals surface area (Å²) < 4.78 is 17.8. The van der Waals surface area contributed by atoms with Gasteiger partial charge >= 0.3 is 11.9 Å². The van der Waals surface area contributed by atoms with Crippen LogP contribution in [0.5, 0.6) is 34.5 Å². The van der Waals surface area contributed by atoms with Gasteiger partial charge in [-0.3, -0.25) is 5.26 Å². The highest BCUT2D eigenvalue weighted by Crippen LogP contribution is 2.35. The minimum absolute atomic E-state index is 0.0265. The van der Waals surface area contributed by atoms with E-state index in [4.69, 9.17) is 29.2 Å². The molecule has 0 aliphatic heterocycles. The Kier molecular flexibility index (Phi) is 13.4. The quantitative estimate of drug-likeness (QED) is 0.0395. The van der Waals surface area contributed by atoms with Gasteiger partial charge in [-0.1, -0.05) is 117 Å². The molecule has 8 aromatic rings. The molecular formula is C55H44O10. The zero-order valence-electron chi connectivity index (χ0n) is 35.5. The first-order valence-corrected chi connectivity index (χ1v) is 20.8. The van der Waals surface area contributed by atoms with Crippen molar-refractivity contribution in [2.45, 2.75) is 32.5 Å². The molecule has 10 heteroatoms. The highest BCUT2D eigenvalue weighted by Gasteiger charge is 2.24. The predicted molar refractivity (Wildman–Crippen MR) is 247 cm³/mol. The molecule has 2 N–H and O–H groups in total. The average molecular weight is 865 g/mol. The van der Waals surface area contributed by atoms with Crippen LogP contribution < -0.4 is 19.1 Å². The van der Waals surface area contributed by atoms with Crippen LogP contribution in [0.1, 0.15) is 56.8 Å². The van der Waals surface area contributed by atoms with Gasteiger partial charge in [-0.2, -0.15) is 4.89 Å². The third-order valence-corrected chi connectivity index (χ3v) is 11.0. The Morgan fingerprint density at radius 3 is 1.43 bits per heavy atom. The van der Waals surface area contributed by atoms with E-state index in [0.29, 0.717) is 34.3 Å². The first-order chi connectivity index (χ1) is 31.6. The second kappa shape index (κ2) is 20.0. The van der Waals surface area contributed by atoms with Gasteiger partial charge in [0.15, 0.2) is 5.75 Å². The van der Waals surface area contributed by atoms with E-state index in [1.807, 2.05) is 127 Å². The second-order valence-electron chi connectivity index (χ2n) is 15.6. The molecule has 0 radical (unpaired) electrons. The van der Waals surface area contributed by atoms with Gasteiger partial charge in [0.25, 0.3) is 0 Å². The van der Waals surface area contributed by atoms with Crippen LogP contribution in [-0.4, -0.2) is 22.3 Å². The fourth-order valence-electron chi connectivity index (χ4n) is 7.27. The number of carbonyl (C=O) groups is 2. The standard InChI is InChI=1S/C55H44O10/c1-55(2,43-16-20-45(21-17-43)62-47-24-26-49(27-25-47)64-54(58)52-34-40(15-32-51(52)53(56)57)38-11-7-4-8-12-38)44-18-22-46(23-19-44)63-48-28-30-50(31-29-48)65-61-36-42-33-39(13-14-41(42)35-60-59)37-9-5-3-6-10-37/h3-34,59H,35-36H2,1-2H3,(H,56,57). The van der Waals surface area contributed by atoms with Crippen molar-refractivity contribution in [2.75, 3.05) is 0 Å². The Labute approximate surface area is 376 Å². The van der Waals surface area contributed by atoms with Gasteiger partial charge in [0.05, 0.1) is 11.1 Å². The maximum absolute atomic E-state index is 13.2. The first-order valence-electron chi connectivity index (χ1n) is 20.8. The minimum Gasteiger partial charge on any atom is -0.478 e. The van der Waals surface area contributed by atoms with Crippen molar-refractivity contribution in [3.63, 3.8) is 0 Å². The largest absolute Gasteiger partial charge is 0.478 e. The van der Waals surface area contributed by atoms with E-state index in [1.54, 1.807) is 54.6 Å². The monoisotopic (exact) mass is 864 g/mol. The molecule has 10 nitrogen and oxygen atoms in total. The third-order valence-electron chi connectivity index (χ3n) is 11.0. The normalized spacial score (nSPS) is 11.1. The highest BCUT2D eigenvalue weighted by atomic mass is 17.2. The van der Waals surface area contributed by atoms with Crippen molar-refractivity contribution in [1.29, 1.82) is 0 Å². The molecule has 8 rings (SSSR count). The van der Waals surface area contributed by atoms with Crippen molar-refractivity contribution in [1.82, 2.24) is 0 Å². The summed E-state index contributed by atoms with van der Waals surface area (Å²) in [7, 11) is 0. The molecule has 0 unspecified atom stereocenters. The summed E-state index contributed by atoms with van der Waals surface area (Å²) in [5.74, 6) is 1.22. The molecule has 0 spiro atoms. The Morgan fingerprint density at radius 1 is 0.462 bits per heavy atom. The molecule has 0 saturated carbocycles. The molecule has 0 fully saturated rings. The topological polar surface area (TPSA) is 130 Å². The Bertz CT molecular complexity index is 2860. The van der Waals surface area contributed by atoms with Gasteiger partial charge < -0.3 is 24.2 Å². The Balaban J connectivity index is 0.833. The second-order valence-corrected chi connectivity index (χ2v) is 15.6.